The molecule has 0 bridgehead atoms. The van der Waals surface area contributed by atoms with Crippen LogP contribution in [0.5, 0.6) is 0 Å². The predicted molar refractivity (Wildman–Crippen MR) is 64.3 cm³/mol. The lowest BCUT2D eigenvalue weighted by molar-refractivity contribution is -0.139. The van der Waals surface area contributed by atoms with Gasteiger partial charge in [-0.2, -0.15) is 0 Å². The van der Waals surface area contributed by atoms with Gasteiger partial charge in [-0.25, -0.2) is 0 Å². The number of hydrogen-bond acceptors (Lipinski definition) is 4. The van der Waals surface area contributed by atoms with Crippen LogP contribution in [0.1, 0.15) is 26.2 Å². The molecular formula is C11H18N2O6. The zero-order valence-electron chi connectivity index (χ0n) is 10.6. The Morgan fingerprint density at radius 2 is 1.84 bits per heavy atom. The fourth-order valence-corrected chi connectivity index (χ4v) is 1.53. The molecule has 0 aromatic carbocycles. The van der Waals surface area contributed by atoms with Crippen molar-refractivity contribution >= 4 is 24.3 Å². The van der Waals surface area contributed by atoms with Gasteiger partial charge in [0.1, 0.15) is 6.04 Å². The van der Waals surface area contributed by atoms with Gasteiger partial charge in [0.15, 0.2) is 0 Å². The number of hydrogen-bond donors (Lipinski definition) is 4. The Bertz CT molecular complexity index is 344. The van der Waals surface area contributed by atoms with Gasteiger partial charge >= 0.3 is 11.9 Å². The summed E-state index contributed by atoms with van der Waals surface area (Å²) in [6.45, 7) is 1.69. The Morgan fingerprint density at radius 1 is 1.21 bits per heavy atom. The van der Waals surface area contributed by atoms with Gasteiger partial charge in [0, 0.05) is 13.0 Å². The quantitative estimate of drug-likeness (QED) is 0.304. The average molecular weight is 274 g/mol. The van der Waals surface area contributed by atoms with Crippen LogP contribution in [-0.4, -0.2) is 47.1 Å². The second-order valence-corrected chi connectivity index (χ2v) is 4.13. The molecule has 8 nitrogen and oxygen atoms in total. The molecule has 0 saturated heterocycles. The molecule has 0 heterocycles. The monoisotopic (exact) mass is 274 g/mol. The molecule has 8 heteroatoms. The number of carbonyl (C=O) groups excluding carboxylic acids is 2. The SMILES string of the molecule is CC(CC(=O)O)C(NC=O)C(=O)NCCCC(=O)O. The van der Waals surface area contributed by atoms with Crippen molar-refractivity contribution in [2.75, 3.05) is 6.54 Å². The maximum absolute atomic E-state index is 11.7. The summed E-state index contributed by atoms with van der Waals surface area (Å²) in [6, 6.07) is -0.946. The minimum Gasteiger partial charge on any atom is -0.481 e. The van der Waals surface area contributed by atoms with Crippen molar-refractivity contribution in [1.82, 2.24) is 10.6 Å². The fourth-order valence-electron chi connectivity index (χ4n) is 1.53. The van der Waals surface area contributed by atoms with E-state index in [-0.39, 0.29) is 25.8 Å². The summed E-state index contributed by atoms with van der Waals surface area (Å²) in [4.78, 5) is 43.0. The molecule has 0 aromatic heterocycles. The fraction of sp³-hybridized carbons (Fsp3) is 0.636. The number of amides is 2. The van der Waals surface area contributed by atoms with Crippen LogP contribution in [0, 0.1) is 5.92 Å². The highest BCUT2D eigenvalue weighted by atomic mass is 16.4. The van der Waals surface area contributed by atoms with Crippen molar-refractivity contribution in [2.24, 2.45) is 5.92 Å². The minimum absolute atomic E-state index is 0.0727. The van der Waals surface area contributed by atoms with E-state index in [2.05, 4.69) is 10.6 Å². The molecule has 2 amide bonds. The summed E-state index contributed by atoms with van der Waals surface area (Å²) >= 11 is 0. The van der Waals surface area contributed by atoms with E-state index >= 15 is 0 Å². The lowest BCUT2D eigenvalue weighted by Crippen LogP contribution is -2.48. The van der Waals surface area contributed by atoms with Gasteiger partial charge in [0.25, 0.3) is 0 Å². The highest BCUT2D eigenvalue weighted by Gasteiger charge is 2.25. The first kappa shape index (κ1) is 16.9. The van der Waals surface area contributed by atoms with Crippen molar-refractivity contribution in [3.8, 4) is 0 Å². The van der Waals surface area contributed by atoms with E-state index in [1.165, 1.54) is 6.92 Å². The maximum Gasteiger partial charge on any atom is 0.303 e. The van der Waals surface area contributed by atoms with Crippen LogP contribution >= 0.6 is 0 Å². The molecular weight excluding hydrogens is 256 g/mol. The molecule has 0 fully saturated rings. The van der Waals surface area contributed by atoms with Crippen LogP contribution in [0.4, 0.5) is 0 Å². The zero-order valence-corrected chi connectivity index (χ0v) is 10.6. The molecule has 4 N–H and O–H groups in total. The molecule has 0 saturated carbocycles. The van der Waals surface area contributed by atoms with Gasteiger partial charge in [-0.05, 0) is 12.3 Å². The summed E-state index contributed by atoms with van der Waals surface area (Å²) in [5.41, 5.74) is 0. The van der Waals surface area contributed by atoms with Crippen molar-refractivity contribution in [3.63, 3.8) is 0 Å². The predicted octanol–water partition coefficient (Wildman–Crippen LogP) is -0.807. The van der Waals surface area contributed by atoms with Gasteiger partial charge in [-0.1, -0.05) is 6.92 Å². The number of carboxylic acid groups (broad SMARTS) is 2. The standard InChI is InChI=1S/C11H18N2O6/c1-7(5-9(17)18)10(13-6-14)11(19)12-4-2-3-8(15)16/h6-7,10H,2-5H2,1H3,(H,12,19)(H,13,14)(H,15,16)(H,17,18). The number of aliphatic carboxylic acids is 2. The van der Waals surface area contributed by atoms with Crippen molar-refractivity contribution in [1.29, 1.82) is 0 Å². The van der Waals surface area contributed by atoms with E-state index < -0.39 is 29.8 Å². The first-order chi connectivity index (χ1) is 8.88. The summed E-state index contributed by atoms with van der Waals surface area (Å²) < 4.78 is 0. The van der Waals surface area contributed by atoms with Crippen LogP contribution in [0.3, 0.4) is 0 Å². The Morgan fingerprint density at radius 3 is 2.32 bits per heavy atom. The zero-order chi connectivity index (χ0) is 14.8. The molecule has 19 heavy (non-hydrogen) atoms. The largest absolute Gasteiger partial charge is 0.481 e. The molecule has 108 valence electrons. The van der Waals surface area contributed by atoms with E-state index in [0.717, 1.165) is 0 Å². The number of carbonyl (C=O) groups is 4. The molecule has 0 spiro atoms. The van der Waals surface area contributed by atoms with Crippen LogP contribution in [-0.2, 0) is 19.2 Å². The van der Waals surface area contributed by atoms with Crippen molar-refractivity contribution < 1.29 is 29.4 Å². The third-order valence-corrected chi connectivity index (χ3v) is 2.46. The van der Waals surface area contributed by atoms with Gasteiger partial charge in [0.05, 0.1) is 6.42 Å². The third kappa shape index (κ3) is 7.74. The van der Waals surface area contributed by atoms with Gasteiger partial charge in [0.2, 0.25) is 12.3 Å². The summed E-state index contributed by atoms with van der Waals surface area (Å²) in [5.74, 6) is -3.12. The molecule has 0 aliphatic heterocycles. The van der Waals surface area contributed by atoms with Gasteiger partial charge in [-0.3, -0.25) is 19.2 Å². The smallest absolute Gasteiger partial charge is 0.303 e. The third-order valence-electron chi connectivity index (χ3n) is 2.46. The molecule has 0 radical (unpaired) electrons. The minimum atomic E-state index is -1.07. The molecule has 0 aromatic rings. The average Bonchev–Trinajstić information content (AvgIpc) is 2.30. The van der Waals surface area contributed by atoms with Crippen LogP contribution < -0.4 is 10.6 Å². The van der Waals surface area contributed by atoms with Crippen LogP contribution in [0.25, 0.3) is 0 Å². The lowest BCUT2D eigenvalue weighted by atomic mass is 9.97. The summed E-state index contributed by atoms with van der Waals surface area (Å²) in [5, 5.41) is 21.8. The van der Waals surface area contributed by atoms with E-state index in [4.69, 9.17) is 10.2 Å². The van der Waals surface area contributed by atoms with Gasteiger partial charge < -0.3 is 20.8 Å². The van der Waals surface area contributed by atoms with Crippen LogP contribution in [0.15, 0.2) is 0 Å². The number of nitrogens with one attached hydrogen (secondary N) is 2. The maximum atomic E-state index is 11.7. The van der Waals surface area contributed by atoms with Crippen LogP contribution in [0.2, 0.25) is 0 Å². The Kier molecular flexibility index (Phi) is 7.90. The van der Waals surface area contributed by atoms with Gasteiger partial charge in [-0.15, -0.1) is 0 Å². The molecule has 2 atom stereocenters. The lowest BCUT2D eigenvalue weighted by Gasteiger charge is -2.21. The van der Waals surface area contributed by atoms with Crippen molar-refractivity contribution in [2.45, 2.75) is 32.2 Å². The van der Waals surface area contributed by atoms with Crippen molar-refractivity contribution in [3.05, 3.63) is 0 Å². The first-order valence-electron chi connectivity index (χ1n) is 5.79. The molecule has 2 unspecified atom stereocenters. The van der Waals surface area contributed by atoms with E-state index in [9.17, 15) is 19.2 Å². The van der Waals surface area contributed by atoms with E-state index in [1.54, 1.807) is 0 Å². The highest BCUT2D eigenvalue weighted by Crippen LogP contribution is 2.08. The highest BCUT2D eigenvalue weighted by molar-refractivity contribution is 5.84. The number of rotatable bonds is 10. The second kappa shape index (κ2) is 8.90. The Hall–Kier alpha value is -2.12. The molecule has 0 rings (SSSR count). The normalized spacial score (nSPS) is 13.1. The van der Waals surface area contributed by atoms with E-state index in [0.29, 0.717) is 6.41 Å². The molecule has 0 aliphatic carbocycles. The summed E-state index contributed by atoms with van der Waals surface area (Å²) in [7, 11) is 0. The molecule has 0 aliphatic rings. The van der Waals surface area contributed by atoms with E-state index in [1.807, 2.05) is 0 Å². The second-order valence-electron chi connectivity index (χ2n) is 4.13. The summed E-state index contributed by atoms with van der Waals surface area (Å²) in [6.07, 6.45) is 0.271. The Labute approximate surface area is 110 Å². The topological polar surface area (TPSA) is 133 Å². The Balaban J connectivity index is 4.28. The number of carboxylic acids is 2. The first-order valence-corrected chi connectivity index (χ1v) is 5.79.